The lowest BCUT2D eigenvalue weighted by molar-refractivity contribution is 0.0941. The van der Waals surface area contributed by atoms with E-state index in [1.807, 2.05) is 19.9 Å². The first-order valence-corrected chi connectivity index (χ1v) is 9.42. The van der Waals surface area contributed by atoms with Crippen molar-refractivity contribution >= 4 is 21.6 Å². The molecule has 0 heterocycles. The lowest BCUT2D eigenvalue weighted by Gasteiger charge is -2.13. The van der Waals surface area contributed by atoms with Crippen LogP contribution in [0.3, 0.4) is 0 Å². The zero-order valence-corrected chi connectivity index (χ0v) is 15.4. The summed E-state index contributed by atoms with van der Waals surface area (Å²) < 4.78 is 27.7. The number of aryl methyl sites for hydroxylation is 2. The molecule has 0 fully saturated rings. The number of benzene rings is 2. The Morgan fingerprint density at radius 2 is 1.76 bits per heavy atom. The summed E-state index contributed by atoms with van der Waals surface area (Å²) in [5.74, 6) is -0.248. The zero-order chi connectivity index (χ0) is 18.6. The highest BCUT2D eigenvalue weighted by Gasteiger charge is 2.17. The minimum atomic E-state index is -3.69. The van der Waals surface area contributed by atoms with E-state index >= 15 is 0 Å². The first-order valence-electron chi connectivity index (χ1n) is 7.94. The van der Waals surface area contributed by atoms with Gasteiger partial charge in [0.05, 0.1) is 4.90 Å². The Kier molecular flexibility index (Phi) is 5.81. The molecule has 4 N–H and O–H groups in total. The van der Waals surface area contributed by atoms with Gasteiger partial charge in [0.1, 0.15) is 0 Å². The van der Waals surface area contributed by atoms with E-state index < -0.39 is 10.0 Å². The van der Waals surface area contributed by atoms with Gasteiger partial charge in [0.25, 0.3) is 15.9 Å². The van der Waals surface area contributed by atoms with Gasteiger partial charge < -0.3 is 11.1 Å². The fraction of sp³-hybridized carbons (Fsp3) is 0.278. The average molecular weight is 361 g/mol. The largest absolute Gasteiger partial charge is 0.348 e. The maximum atomic E-state index is 12.6. The zero-order valence-electron chi connectivity index (χ0n) is 14.5. The van der Waals surface area contributed by atoms with E-state index in [1.165, 1.54) is 0 Å². The Morgan fingerprint density at radius 3 is 2.36 bits per heavy atom. The predicted molar refractivity (Wildman–Crippen MR) is 99.1 cm³/mol. The molecule has 0 aromatic heterocycles. The van der Waals surface area contributed by atoms with Crippen LogP contribution in [0.15, 0.2) is 47.4 Å². The Bertz CT molecular complexity index is 862. The predicted octanol–water partition coefficient (Wildman–Crippen LogP) is 2.18. The van der Waals surface area contributed by atoms with Gasteiger partial charge in [-0.25, -0.2) is 8.42 Å². The number of hydrogen-bond donors (Lipinski definition) is 3. The second-order valence-electron chi connectivity index (χ2n) is 6.06. The number of nitrogens with two attached hydrogens (primary N) is 1. The molecule has 0 bridgehead atoms. The van der Waals surface area contributed by atoms with E-state index in [-0.39, 0.29) is 16.8 Å². The number of sulfonamides is 1. The van der Waals surface area contributed by atoms with Crippen LogP contribution in [0.2, 0.25) is 0 Å². The molecule has 2 rings (SSSR count). The summed E-state index contributed by atoms with van der Waals surface area (Å²) in [5, 5.41) is 2.75. The second-order valence-corrected chi connectivity index (χ2v) is 7.71. The minimum Gasteiger partial charge on any atom is -0.348 e. The standard InChI is InChI=1S/C18H23N3O3S/c1-12-4-5-13(2)17(10-12)25(23,24)21-16-8-6-15(7-9-16)18(22)20-14(3)11-19/h4-10,14,21H,11,19H2,1-3H3,(H,20,22)/t14-/m0/s1. The van der Waals surface area contributed by atoms with Crippen LogP contribution in [0.4, 0.5) is 5.69 Å². The summed E-state index contributed by atoms with van der Waals surface area (Å²) in [6.07, 6.45) is 0. The lowest BCUT2D eigenvalue weighted by atomic mass is 10.2. The van der Waals surface area contributed by atoms with Crippen molar-refractivity contribution in [2.24, 2.45) is 5.73 Å². The van der Waals surface area contributed by atoms with Crippen LogP contribution in [-0.2, 0) is 10.0 Å². The molecule has 2 aromatic rings. The Balaban J connectivity index is 2.18. The molecule has 6 nitrogen and oxygen atoms in total. The van der Waals surface area contributed by atoms with E-state index in [1.54, 1.807) is 43.3 Å². The Morgan fingerprint density at radius 1 is 1.12 bits per heavy atom. The molecule has 0 aliphatic rings. The first kappa shape index (κ1) is 19.0. The molecule has 2 aromatic carbocycles. The highest BCUT2D eigenvalue weighted by molar-refractivity contribution is 7.92. The molecule has 0 unspecified atom stereocenters. The number of amides is 1. The van der Waals surface area contributed by atoms with Gasteiger partial charge in [-0.1, -0.05) is 12.1 Å². The highest BCUT2D eigenvalue weighted by Crippen LogP contribution is 2.21. The first-order chi connectivity index (χ1) is 11.7. The van der Waals surface area contributed by atoms with E-state index in [0.717, 1.165) is 5.56 Å². The number of carbonyl (C=O) groups is 1. The summed E-state index contributed by atoms with van der Waals surface area (Å²) in [6, 6.07) is 11.4. The third kappa shape index (κ3) is 4.80. The van der Waals surface area contributed by atoms with Gasteiger partial charge in [0.2, 0.25) is 0 Å². The number of hydrogen-bond acceptors (Lipinski definition) is 4. The summed E-state index contributed by atoms with van der Waals surface area (Å²) in [7, 11) is -3.69. The third-order valence-corrected chi connectivity index (χ3v) is 5.29. The van der Waals surface area contributed by atoms with Crippen LogP contribution in [0, 0.1) is 13.8 Å². The summed E-state index contributed by atoms with van der Waals surface area (Å²) >= 11 is 0. The highest BCUT2D eigenvalue weighted by atomic mass is 32.2. The van der Waals surface area contributed by atoms with Crippen molar-refractivity contribution in [1.29, 1.82) is 0 Å². The minimum absolute atomic E-state index is 0.130. The summed E-state index contributed by atoms with van der Waals surface area (Å²) in [4.78, 5) is 12.3. The fourth-order valence-corrected chi connectivity index (χ4v) is 3.65. The number of carbonyl (C=O) groups excluding carboxylic acids is 1. The molecule has 1 atom stereocenters. The number of anilines is 1. The van der Waals surface area contributed by atoms with Gasteiger partial charge >= 0.3 is 0 Å². The molecule has 0 spiro atoms. The van der Waals surface area contributed by atoms with Crippen molar-refractivity contribution in [3.63, 3.8) is 0 Å². The monoisotopic (exact) mass is 361 g/mol. The molecular formula is C18H23N3O3S. The molecule has 134 valence electrons. The van der Waals surface area contributed by atoms with Crippen LogP contribution in [0.25, 0.3) is 0 Å². The lowest BCUT2D eigenvalue weighted by Crippen LogP contribution is -2.37. The van der Waals surface area contributed by atoms with Crippen molar-refractivity contribution in [1.82, 2.24) is 5.32 Å². The normalized spacial score (nSPS) is 12.5. The maximum Gasteiger partial charge on any atom is 0.262 e. The molecule has 0 saturated heterocycles. The van der Waals surface area contributed by atoms with E-state index in [0.29, 0.717) is 23.4 Å². The van der Waals surface area contributed by atoms with Crippen molar-refractivity contribution in [2.45, 2.75) is 31.7 Å². The van der Waals surface area contributed by atoms with Crippen LogP contribution < -0.4 is 15.8 Å². The van der Waals surface area contributed by atoms with Crippen molar-refractivity contribution < 1.29 is 13.2 Å². The average Bonchev–Trinajstić information content (AvgIpc) is 2.57. The molecule has 1 amide bonds. The molecule has 0 aliphatic carbocycles. The van der Waals surface area contributed by atoms with Gasteiger partial charge in [0, 0.05) is 23.8 Å². The smallest absolute Gasteiger partial charge is 0.262 e. The SMILES string of the molecule is Cc1ccc(C)c(S(=O)(=O)Nc2ccc(C(=O)N[C@@H](C)CN)cc2)c1. The van der Waals surface area contributed by atoms with Crippen molar-refractivity contribution in [3.05, 3.63) is 59.2 Å². The summed E-state index contributed by atoms with van der Waals surface area (Å²) in [5.41, 5.74) is 7.85. The molecular weight excluding hydrogens is 338 g/mol. The van der Waals surface area contributed by atoms with Crippen LogP contribution in [0.5, 0.6) is 0 Å². The third-order valence-electron chi connectivity index (χ3n) is 3.76. The van der Waals surface area contributed by atoms with Gasteiger partial charge in [-0.3, -0.25) is 9.52 Å². The van der Waals surface area contributed by atoms with Crippen LogP contribution in [-0.4, -0.2) is 26.9 Å². The van der Waals surface area contributed by atoms with Gasteiger partial charge in [-0.05, 0) is 62.2 Å². The van der Waals surface area contributed by atoms with Gasteiger partial charge in [-0.2, -0.15) is 0 Å². The molecule has 0 radical (unpaired) electrons. The number of rotatable bonds is 6. The van der Waals surface area contributed by atoms with Crippen molar-refractivity contribution in [2.75, 3.05) is 11.3 Å². The van der Waals surface area contributed by atoms with Crippen molar-refractivity contribution in [3.8, 4) is 0 Å². The van der Waals surface area contributed by atoms with E-state index in [9.17, 15) is 13.2 Å². The van der Waals surface area contributed by atoms with Crippen LogP contribution in [0.1, 0.15) is 28.4 Å². The number of nitrogens with one attached hydrogen (secondary N) is 2. The van der Waals surface area contributed by atoms with E-state index in [2.05, 4.69) is 10.0 Å². The van der Waals surface area contributed by atoms with E-state index in [4.69, 9.17) is 5.73 Å². The second kappa shape index (κ2) is 7.67. The van der Waals surface area contributed by atoms with Crippen LogP contribution >= 0.6 is 0 Å². The Labute approximate surface area is 148 Å². The molecule has 0 aliphatic heterocycles. The summed E-state index contributed by atoms with van der Waals surface area (Å²) in [6.45, 7) is 5.75. The maximum absolute atomic E-state index is 12.6. The topological polar surface area (TPSA) is 101 Å². The molecule has 25 heavy (non-hydrogen) atoms. The fourth-order valence-electron chi connectivity index (χ4n) is 2.26. The molecule has 0 saturated carbocycles. The van der Waals surface area contributed by atoms with Gasteiger partial charge in [-0.15, -0.1) is 0 Å². The Hall–Kier alpha value is -2.38. The molecule has 7 heteroatoms. The van der Waals surface area contributed by atoms with Gasteiger partial charge in [0.15, 0.2) is 0 Å². The quantitative estimate of drug-likeness (QED) is 0.734.